The highest BCUT2D eigenvalue weighted by atomic mass is 16.5. The largest absolute Gasteiger partial charge is 0.388 e. The molecule has 0 radical (unpaired) electrons. The Bertz CT molecular complexity index is 339. The third kappa shape index (κ3) is 3.06. The topological polar surface area (TPSA) is 38.7 Å². The number of hydrogen-bond donors (Lipinski definition) is 1. The van der Waals surface area contributed by atoms with Crippen LogP contribution in [0.25, 0.3) is 0 Å². The van der Waals surface area contributed by atoms with Crippen LogP contribution in [0.1, 0.15) is 19.4 Å². The Morgan fingerprint density at radius 3 is 2.71 bits per heavy atom. The molecule has 0 spiro atoms. The highest BCUT2D eigenvalue weighted by molar-refractivity contribution is 5.13. The van der Waals surface area contributed by atoms with Gasteiger partial charge < -0.3 is 14.6 Å². The molecule has 0 aliphatic carbocycles. The molecule has 1 heterocycles. The first kappa shape index (κ1) is 12.6. The fourth-order valence-corrected chi connectivity index (χ4v) is 2.14. The molecule has 94 valence electrons. The molecule has 4 atom stereocenters. The van der Waals surface area contributed by atoms with Gasteiger partial charge >= 0.3 is 0 Å². The molecule has 3 heteroatoms. The van der Waals surface area contributed by atoms with E-state index in [0.717, 1.165) is 5.56 Å². The highest BCUT2D eigenvalue weighted by Crippen LogP contribution is 2.24. The lowest BCUT2D eigenvalue weighted by molar-refractivity contribution is -0.172. The van der Waals surface area contributed by atoms with Crippen molar-refractivity contribution in [2.24, 2.45) is 5.92 Å². The number of rotatable bonds is 3. The molecule has 1 aliphatic heterocycles. The minimum absolute atomic E-state index is 0.138. The summed E-state index contributed by atoms with van der Waals surface area (Å²) in [6.07, 6.45) is -0.525. The van der Waals surface area contributed by atoms with Crippen molar-refractivity contribution in [3.8, 4) is 0 Å². The standard InChI is InChI=1S/C14H20O3/c1-10-11(2)16-9-13(15)14(10)17-8-12-6-4-3-5-7-12/h3-7,10-11,13-15H,8-9H2,1-2H3/t10-,11+,13-,14+/m1/s1. The van der Waals surface area contributed by atoms with Crippen LogP contribution < -0.4 is 0 Å². The zero-order valence-corrected chi connectivity index (χ0v) is 10.4. The molecule has 1 aromatic carbocycles. The minimum atomic E-state index is -0.523. The lowest BCUT2D eigenvalue weighted by atomic mass is 9.92. The van der Waals surface area contributed by atoms with E-state index in [1.165, 1.54) is 0 Å². The summed E-state index contributed by atoms with van der Waals surface area (Å²) in [5, 5.41) is 9.89. The Hall–Kier alpha value is -0.900. The van der Waals surface area contributed by atoms with Gasteiger partial charge in [-0.05, 0) is 12.5 Å². The summed E-state index contributed by atoms with van der Waals surface area (Å²) >= 11 is 0. The summed E-state index contributed by atoms with van der Waals surface area (Å²) in [4.78, 5) is 0. The molecule has 3 nitrogen and oxygen atoms in total. The van der Waals surface area contributed by atoms with Gasteiger partial charge in [-0.25, -0.2) is 0 Å². The highest BCUT2D eigenvalue weighted by Gasteiger charge is 2.35. The fourth-order valence-electron chi connectivity index (χ4n) is 2.14. The maximum Gasteiger partial charge on any atom is 0.104 e. The van der Waals surface area contributed by atoms with Gasteiger partial charge in [-0.15, -0.1) is 0 Å². The Kier molecular flexibility index (Phi) is 4.15. The van der Waals surface area contributed by atoms with Gasteiger partial charge in [-0.3, -0.25) is 0 Å². The van der Waals surface area contributed by atoms with E-state index in [4.69, 9.17) is 9.47 Å². The average molecular weight is 236 g/mol. The van der Waals surface area contributed by atoms with E-state index in [9.17, 15) is 5.11 Å². The van der Waals surface area contributed by atoms with Crippen molar-refractivity contribution in [3.63, 3.8) is 0 Å². The number of hydrogen-bond acceptors (Lipinski definition) is 3. The molecule has 0 amide bonds. The summed E-state index contributed by atoms with van der Waals surface area (Å²) in [6, 6.07) is 10.0. The van der Waals surface area contributed by atoms with Crippen LogP contribution in [-0.4, -0.2) is 30.0 Å². The monoisotopic (exact) mass is 236 g/mol. The van der Waals surface area contributed by atoms with Gasteiger partial charge in [0.1, 0.15) is 6.10 Å². The number of benzene rings is 1. The molecule has 17 heavy (non-hydrogen) atoms. The van der Waals surface area contributed by atoms with Crippen LogP contribution in [0, 0.1) is 5.92 Å². The van der Waals surface area contributed by atoms with E-state index in [0.29, 0.717) is 13.2 Å². The third-order valence-electron chi connectivity index (χ3n) is 3.45. The molecule has 0 saturated carbocycles. The Morgan fingerprint density at radius 1 is 1.29 bits per heavy atom. The smallest absolute Gasteiger partial charge is 0.104 e. The molecular weight excluding hydrogens is 216 g/mol. The van der Waals surface area contributed by atoms with E-state index < -0.39 is 6.10 Å². The molecule has 0 unspecified atom stereocenters. The van der Waals surface area contributed by atoms with Gasteiger partial charge in [0.05, 0.1) is 25.4 Å². The van der Waals surface area contributed by atoms with Crippen LogP contribution in [0.2, 0.25) is 0 Å². The molecule has 1 fully saturated rings. The van der Waals surface area contributed by atoms with Crippen molar-refractivity contribution in [3.05, 3.63) is 35.9 Å². The quantitative estimate of drug-likeness (QED) is 0.872. The van der Waals surface area contributed by atoms with Crippen LogP contribution in [-0.2, 0) is 16.1 Å². The predicted molar refractivity (Wildman–Crippen MR) is 65.6 cm³/mol. The predicted octanol–water partition coefficient (Wildman–Crippen LogP) is 1.99. The van der Waals surface area contributed by atoms with E-state index >= 15 is 0 Å². The number of aliphatic hydroxyl groups is 1. The van der Waals surface area contributed by atoms with Crippen molar-refractivity contribution in [2.75, 3.05) is 6.61 Å². The Labute approximate surface area is 102 Å². The number of ether oxygens (including phenoxy) is 2. The van der Waals surface area contributed by atoms with Crippen molar-refractivity contribution < 1.29 is 14.6 Å². The maximum absolute atomic E-state index is 9.89. The molecule has 1 aliphatic rings. The molecule has 1 aromatic rings. The van der Waals surface area contributed by atoms with Crippen LogP contribution in [0.4, 0.5) is 0 Å². The summed E-state index contributed by atoms with van der Waals surface area (Å²) in [7, 11) is 0. The lowest BCUT2D eigenvalue weighted by Gasteiger charge is -2.37. The van der Waals surface area contributed by atoms with Gasteiger partial charge in [0.2, 0.25) is 0 Å². The molecule has 1 saturated heterocycles. The van der Waals surface area contributed by atoms with Crippen LogP contribution in [0.3, 0.4) is 0 Å². The lowest BCUT2D eigenvalue weighted by Crippen LogP contribution is -2.48. The van der Waals surface area contributed by atoms with Gasteiger partial charge in [-0.1, -0.05) is 37.3 Å². The number of aliphatic hydroxyl groups excluding tert-OH is 1. The normalized spacial score (nSPS) is 33.6. The van der Waals surface area contributed by atoms with Crippen molar-refractivity contribution in [1.82, 2.24) is 0 Å². The second-order valence-electron chi connectivity index (χ2n) is 4.73. The van der Waals surface area contributed by atoms with Gasteiger partial charge in [0.25, 0.3) is 0 Å². The van der Waals surface area contributed by atoms with Gasteiger partial charge in [-0.2, -0.15) is 0 Å². The summed E-state index contributed by atoms with van der Waals surface area (Å²) < 4.78 is 11.3. The van der Waals surface area contributed by atoms with E-state index in [1.54, 1.807) is 0 Å². The van der Waals surface area contributed by atoms with E-state index in [1.807, 2.05) is 37.3 Å². The first-order chi connectivity index (χ1) is 8.18. The van der Waals surface area contributed by atoms with Crippen molar-refractivity contribution in [1.29, 1.82) is 0 Å². The SMILES string of the molecule is C[C@H]1[C@H](OCc2ccccc2)[C@H](O)CO[C@H]1C. The Morgan fingerprint density at radius 2 is 2.00 bits per heavy atom. The second-order valence-corrected chi connectivity index (χ2v) is 4.73. The molecular formula is C14H20O3. The molecule has 0 aromatic heterocycles. The third-order valence-corrected chi connectivity index (χ3v) is 3.45. The molecule has 1 N–H and O–H groups in total. The van der Waals surface area contributed by atoms with Crippen LogP contribution in [0.5, 0.6) is 0 Å². The van der Waals surface area contributed by atoms with Crippen LogP contribution >= 0.6 is 0 Å². The van der Waals surface area contributed by atoms with Crippen LogP contribution in [0.15, 0.2) is 30.3 Å². The van der Waals surface area contributed by atoms with Gasteiger partial charge in [0, 0.05) is 5.92 Å². The summed E-state index contributed by atoms with van der Waals surface area (Å²) in [5.74, 6) is 0.211. The molecule has 2 rings (SSSR count). The summed E-state index contributed by atoms with van der Waals surface area (Å²) in [6.45, 7) is 4.99. The van der Waals surface area contributed by atoms with Crippen molar-refractivity contribution in [2.45, 2.75) is 38.8 Å². The zero-order chi connectivity index (χ0) is 12.3. The molecule has 0 bridgehead atoms. The first-order valence-corrected chi connectivity index (χ1v) is 6.13. The van der Waals surface area contributed by atoms with Gasteiger partial charge in [0.15, 0.2) is 0 Å². The first-order valence-electron chi connectivity index (χ1n) is 6.13. The second kappa shape index (κ2) is 5.63. The van der Waals surface area contributed by atoms with E-state index in [-0.39, 0.29) is 18.1 Å². The zero-order valence-electron chi connectivity index (χ0n) is 10.4. The minimum Gasteiger partial charge on any atom is -0.388 e. The fraction of sp³-hybridized carbons (Fsp3) is 0.571. The average Bonchev–Trinajstić information content (AvgIpc) is 2.35. The van der Waals surface area contributed by atoms with E-state index in [2.05, 4.69) is 6.92 Å². The maximum atomic E-state index is 9.89. The summed E-state index contributed by atoms with van der Waals surface area (Å²) in [5.41, 5.74) is 1.13. The Balaban J connectivity index is 1.93. The van der Waals surface area contributed by atoms with Crippen molar-refractivity contribution >= 4 is 0 Å².